The molecule has 0 saturated heterocycles. The first kappa shape index (κ1) is 15.8. The summed E-state index contributed by atoms with van der Waals surface area (Å²) in [7, 11) is 0. The van der Waals surface area contributed by atoms with E-state index in [1.165, 1.54) is 11.1 Å². The van der Waals surface area contributed by atoms with Crippen molar-refractivity contribution >= 4 is 28.3 Å². The van der Waals surface area contributed by atoms with E-state index in [9.17, 15) is 4.57 Å². The molecule has 106 valence electrons. The lowest BCUT2D eigenvalue weighted by Crippen LogP contribution is -1.83. The first-order chi connectivity index (χ1) is 9.72. The zero-order valence-electron chi connectivity index (χ0n) is 11.6. The molecular weight excluding hydrogens is 303 g/mol. The highest BCUT2D eigenvalue weighted by atomic mass is 33.1. The van der Waals surface area contributed by atoms with Gasteiger partial charge in [-0.1, -0.05) is 90.4 Å². The highest BCUT2D eigenvalue weighted by Crippen LogP contribution is 2.70. The molecule has 0 atom stereocenters. The molecule has 0 N–H and O–H groups in total. The number of hydrogen-bond donors (Lipinski definition) is 0. The maximum atomic E-state index is 12.9. The first-order valence-electron chi connectivity index (χ1n) is 6.68. The van der Waals surface area contributed by atoms with Gasteiger partial charge in [0.05, 0.1) is 0 Å². The minimum atomic E-state index is -2.20. The molecule has 0 aromatic heterocycles. The lowest BCUT2D eigenvalue weighted by molar-refractivity contribution is 0.594. The third-order valence-electron chi connectivity index (χ3n) is 2.93. The molecule has 0 radical (unpaired) electrons. The second kappa shape index (κ2) is 7.97. The fraction of sp³-hybridized carbons (Fsp3) is 0.250. The van der Waals surface area contributed by atoms with Crippen LogP contribution in [0.5, 0.6) is 0 Å². The summed E-state index contributed by atoms with van der Waals surface area (Å²) in [6.45, 7) is 2.02. The molecule has 1 nitrogen and oxygen atoms in total. The number of benzene rings is 2. The maximum absolute atomic E-state index is 12.9. The van der Waals surface area contributed by atoms with Crippen molar-refractivity contribution in [3.63, 3.8) is 0 Å². The lowest BCUT2D eigenvalue weighted by atomic mass is 10.2. The quantitative estimate of drug-likeness (QED) is 0.576. The molecule has 0 saturated carbocycles. The molecule has 0 amide bonds. The van der Waals surface area contributed by atoms with E-state index in [-0.39, 0.29) is 0 Å². The Labute approximate surface area is 129 Å². The summed E-state index contributed by atoms with van der Waals surface area (Å²) in [4.78, 5) is 0. The Bertz CT molecular complexity index is 510. The minimum absolute atomic E-state index is 0.738. The normalized spacial score (nSPS) is 11.4. The molecule has 0 aliphatic rings. The molecule has 4 heteroatoms. The summed E-state index contributed by atoms with van der Waals surface area (Å²) in [5, 5.41) is 0. The van der Waals surface area contributed by atoms with E-state index in [4.69, 9.17) is 0 Å². The van der Waals surface area contributed by atoms with Crippen LogP contribution in [0.3, 0.4) is 0 Å². The Kier molecular flexibility index (Phi) is 6.28. The van der Waals surface area contributed by atoms with Crippen molar-refractivity contribution in [3.05, 3.63) is 71.8 Å². The number of hydrogen-bond acceptors (Lipinski definition) is 3. The summed E-state index contributed by atoms with van der Waals surface area (Å²) in [6.07, 6.45) is 0.738. The van der Waals surface area contributed by atoms with Crippen molar-refractivity contribution in [2.24, 2.45) is 0 Å². The molecule has 0 heterocycles. The molecule has 0 fully saturated rings. The van der Waals surface area contributed by atoms with Crippen LogP contribution >= 0.6 is 28.3 Å². The Morgan fingerprint density at radius 2 is 1.20 bits per heavy atom. The van der Waals surface area contributed by atoms with Crippen LogP contribution in [0.4, 0.5) is 0 Å². The van der Waals surface area contributed by atoms with Crippen molar-refractivity contribution in [3.8, 4) is 0 Å². The van der Waals surface area contributed by atoms with E-state index in [1.54, 1.807) is 22.8 Å². The van der Waals surface area contributed by atoms with E-state index >= 15 is 0 Å². The van der Waals surface area contributed by atoms with Gasteiger partial charge in [-0.25, -0.2) is 0 Å². The zero-order valence-corrected chi connectivity index (χ0v) is 14.1. The van der Waals surface area contributed by atoms with Gasteiger partial charge in [0.25, 0.3) is 0 Å². The smallest absolute Gasteiger partial charge is 0.191 e. The van der Waals surface area contributed by atoms with Crippen LogP contribution in [0, 0.1) is 0 Å². The first-order valence-corrected chi connectivity index (χ1v) is 11.8. The van der Waals surface area contributed by atoms with Crippen molar-refractivity contribution in [1.29, 1.82) is 0 Å². The SMILES string of the molecule is CCP(=O)(SCc1ccccc1)SCc1ccccc1. The number of rotatable bonds is 7. The summed E-state index contributed by atoms with van der Waals surface area (Å²) < 4.78 is 12.9. The molecule has 2 aromatic rings. The topological polar surface area (TPSA) is 17.1 Å². The monoisotopic (exact) mass is 322 g/mol. The molecule has 0 aliphatic heterocycles. The van der Waals surface area contributed by atoms with Gasteiger partial charge in [-0.2, -0.15) is 0 Å². The predicted octanol–water partition coefficient (Wildman–Crippen LogP) is 6.07. The highest BCUT2D eigenvalue weighted by Gasteiger charge is 2.21. The second-order valence-electron chi connectivity index (χ2n) is 4.45. The summed E-state index contributed by atoms with van der Waals surface area (Å²) in [6, 6.07) is 20.5. The lowest BCUT2D eigenvalue weighted by Gasteiger charge is -2.15. The van der Waals surface area contributed by atoms with E-state index in [0.717, 1.165) is 17.7 Å². The van der Waals surface area contributed by atoms with Crippen molar-refractivity contribution in [2.75, 3.05) is 6.16 Å². The van der Waals surface area contributed by atoms with E-state index in [0.29, 0.717) is 0 Å². The van der Waals surface area contributed by atoms with Gasteiger partial charge in [-0.15, -0.1) is 0 Å². The Morgan fingerprint density at radius 1 is 0.800 bits per heavy atom. The Balaban J connectivity index is 1.90. The van der Waals surface area contributed by atoms with Crippen LogP contribution in [0.2, 0.25) is 0 Å². The maximum Gasteiger partial charge on any atom is 0.191 e. The standard InChI is InChI=1S/C16H19OPS2/c1-2-18(17,19-13-15-9-5-3-6-10-15)20-14-16-11-7-4-8-12-16/h3-12H,2,13-14H2,1H3. The van der Waals surface area contributed by atoms with Crippen molar-refractivity contribution < 1.29 is 4.57 Å². The fourth-order valence-corrected chi connectivity index (χ4v) is 8.24. The Hall–Kier alpha value is -0.630. The third-order valence-corrected chi connectivity index (χ3v) is 12.0. The predicted molar refractivity (Wildman–Crippen MR) is 93.6 cm³/mol. The van der Waals surface area contributed by atoms with Gasteiger partial charge in [0.15, 0.2) is 5.55 Å². The van der Waals surface area contributed by atoms with Crippen LogP contribution in [0.15, 0.2) is 60.7 Å². The van der Waals surface area contributed by atoms with Crippen LogP contribution in [-0.4, -0.2) is 6.16 Å². The van der Waals surface area contributed by atoms with Gasteiger partial charge in [-0.3, -0.25) is 0 Å². The van der Waals surface area contributed by atoms with E-state index < -0.39 is 5.55 Å². The second-order valence-corrected chi connectivity index (χ2v) is 13.2. The Morgan fingerprint density at radius 3 is 1.55 bits per heavy atom. The largest absolute Gasteiger partial charge is 0.300 e. The molecule has 2 aromatic carbocycles. The molecule has 2 rings (SSSR count). The van der Waals surface area contributed by atoms with Gasteiger partial charge in [0.2, 0.25) is 0 Å². The molecule has 0 bridgehead atoms. The van der Waals surface area contributed by atoms with Gasteiger partial charge >= 0.3 is 0 Å². The van der Waals surface area contributed by atoms with Gasteiger partial charge in [0.1, 0.15) is 0 Å². The van der Waals surface area contributed by atoms with E-state index in [2.05, 4.69) is 24.3 Å². The van der Waals surface area contributed by atoms with Crippen molar-refractivity contribution in [2.45, 2.75) is 18.4 Å². The van der Waals surface area contributed by atoms with Crippen LogP contribution in [0.1, 0.15) is 18.1 Å². The van der Waals surface area contributed by atoms with E-state index in [1.807, 2.05) is 43.3 Å². The molecule has 0 unspecified atom stereocenters. The molecular formula is C16H19OPS2. The van der Waals surface area contributed by atoms with Gasteiger partial charge < -0.3 is 4.57 Å². The summed E-state index contributed by atoms with van der Waals surface area (Å²) in [5.74, 6) is 1.65. The van der Waals surface area contributed by atoms with Gasteiger partial charge in [-0.05, 0) is 11.1 Å². The van der Waals surface area contributed by atoms with Crippen molar-refractivity contribution in [1.82, 2.24) is 0 Å². The molecule has 0 aliphatic carbocycles. The highest BCUT2D eigenvalue weighted by molar-refractivity contribution is 8.90. The average Bonchev–Trinajstić information content (AvgIpc) is 2.53. The van der Waals surface area contributed by atoms with Crippen LogP contribution < -0.4 is 0 Å². The average molecular weight is 322 g/mol. The minimum Gasteiger partial charge on any atom is -0.300 e. The zero-order chi connectivity index (χ0) is 14.3. The van der Waals surface area contributed by atoms with Crippen LogP contribution in [-0.2, 0) is 16.1 Å². The fourth-order valence-electron chi connectivity index (χ4n) is 1.71. The molecule has 20 heavy (non-hydrogen) atoms. The molecule has 0 spiro atoms. The third kappa shape index (κ3) is 5.05. The van der Waals surface area contributed by atoms with Crippen LogP contribution in [0.25, 0.3) is 0 Å². The van der Waals surface area contributed by atoms with Gasteiger partial charge in [0, 0.05) is 17.7 Å². The summed E-state index contributed by atoms with van der Waals surface area (Å²) in [5.41, 5.74) is 0.286. The summed E-state index contributed by atoms with van der Waals surface area (Å²) >= 11 is 3.23.